The van der Waals surface area contributed by atoms with Gasteiger partial charge < -0.3 is 9.64 Å². The van der Waals surface area contributed by atoms with Crippen molar-refractivity contribution in [3.05, 3.63) is 40.4 Å². The molecule has 0 bridgehead atoms. The molecular formula is C22H27N3O4. The lowest BCUT2D eigenvalue weighted by Gasteiger charge is -2.30. The second-order valence-corrected chi connectivity index (χ2v) is 8.18. The molecule has 1 amide bonds. The van der Waals surface area contributed by atoms with Gasteiger partial charge in [0.15, 0.2) is 6.61 Å². The number of hydrogen-bond donors (Lipinski definition) is 0. The zero-order valence-corrected chi connectivity index (χ0v) is 16.8. The predicted octanol–water partition coefficient (Wildman–Crippen LogP) is 2.47. The number of aryl methyl sites for hydroxylation is 1. The molecule has 2 fully saturated rings. The summed E-state index contributed by atoms with van der Waals surface area (Å²) < 4.78 is 6.93. The lowest BCUT2D eigenvalue weighted by atomic mass is 9.99. The van der Waals surface area contributed by atoms with Gasteiger partial charge in [0.25, 0.3) is 11.5 Å². The van der Waals surface area contributed by atoms with Crippen LogP contribution in [0.25, 0.3) is 10.9 Å². The number of nitrogens with zero attached hydrogens (tertiary/aromatic N) is 3. The first-order chi connectivity index (χ1) is 14.0. The average Bonchev–Trinajstić information content (AvgIpc) is 3.56. The fourth-order valence-electron chi connectivity index (χ4n) is 3.86. The Kier molecular flexibility index (Phi) is 5.65. The van der Waals surface area contributed by atoms with E-state index >= 15 is 0 Å². The molecule has 29 heavy (non-hydrogen) atoms. The highest BCUT2D eigenvalue weighted by molar-refractivity contribution is 5.81. The van der Waals surface area contributed by atoms with Crippen molar-refractivity contribution in [3.63, 3.8) is 0 Å². The second kappa shape index (κ2) is 8.35. The van der Waals surface area contributed by atoms with Crippen molar-refractivity contribution in [2.24, 2.45) is 5.92 Å². The van der Waals surface area contributed by atoms with Gasteiger partial charge in [0.2, 0.25) is 0 Å². The topological polar surface area (TPSA) is 81.5 Å². The molecule has 2 aliphatic rings. The van der Waals surface area contributed by atoms with Crippen LogP contribution in [0.3, 0.4) is 0 Å². The molecule has 0 radical (unpaired) electrons. The summed E-state index contributed by atoms with van der Waals surface area (Å²) in [5, 5.41) is 0.604. The number of para-hydroxylation sites is 1. The predicted molar refractivity (Wildman–Crippen MR) is 109 cm³/mol. The molecule has 4 rings (SSSR count). The Hall–Kier alpha value is -2.70. The summed E-state index contributed by atoms with van der Waals surface area (Å²) in [6, 6.07) is 7.46. The van der Waals surface area contributed by atoms with Crippen molar-refractivity contribution in [2.45, 2.75) is 51.5 Å². The lowest BCUT2D eigenvalue weighted by molar-refractivity contribution is -0.152. The number of carbonyl (C=O) groups excluding carboxylic acids is 2. The molecule has 1 aliphatic carbocycles. The van der Waals surface area contributed by atoms with Gasteiger partial charge in [-0.1, -0.05) is 19.1 Å². The van der Waals surface area contributed by atoms with Crippen LogP contribution in [0.2, 0.25) is 0 Å². The van der Waals surface area contributed by atoms with E-state index in [9.17, 15) is 14.4 Å². The number of ether oxygens (including phenoxy) is 1. The van der Waals surface area contributed by atoms with Gasteiger partial charge >= 0.3 is 5.97 Å². The zero-order chi connectivity index (χ0) is 20.4. The highest BCUT2D eigenvalue weighted by Crippen LogP contribution is 2.34. The molecule has 7 nitrogen and oxygen atoms in total. The fraction of sp³-hybridized carbons (Fsp3) is 0.545. The minimum absolute atomic E-state index is 0.0454. The fourth-order valence-corrected chi connectivity index (χ4v) is 3.86. The third-order valence-corrected chi connectivity index (χ3v) is 5.84. The molecule has 0 spiro atoms. The van der Waals surface area contributed by atoms with E-state index in [1.165, 1.54) is 0 Å². The molecule has 2 heterocycles. The molecule has 7 heteroatoms. The number of rotatable bonds is 6. The Bertz CT molecular complexity index is 972. The first-order valence-electron chi connectivity index (χ1n) is 10.5. The van der Waals surface area contributed by atoms with Crippen molar-refractivity contribution >= 4 is 22.8 Å². The third-order valence-electron chi connectivity index (χ3n) is 5.84. The molecule has 1 aromatic heterocycles. The van der Waals surface area contributed by atoms with E-state index in [0.717, 1.165) is 38.8 Å². The van der Waals surface area contributed by atoms with Crippen LogP contribution < -0.4 is 5.56 Å². The smallest absolute Gasteiger partial charge is 0.306 e. The van der Waals surface area contributed by atoms with E-state index in [1.54, 1.807) is 15.5 Å². The number of aromatic nitrogens is 2. The Labute approximate surface area is 169 Å². The van der Waals surface area contributed by atoms with Crippen molar-refractivity contribution in [2.75, 3.05) is 19.7 Å². The third kappa shape index (κ3) is 4.49. The van der Waals surface area contributed by atoms with Gasteiger partial charge in [0.1, 0.15) is 5.82 Å². The number of piperidine rings is 1. The van der Waals surface area contributed by atoms with Gasteiger partial charge in [0, 0.05) is 25.6 Å². The normalized spacial score (nSPS) is 17.5. The van der Waals surface area contributed by atoms with Crippen LogP contribution in [0.1, 0.15) is 50.9 Å². The summed E-state index contributed by atoms with van der Waals surface area (Å²) in [6.07, 6.45) is 4.32. The van der Waals surface area contributed by atoms with Crippen LogP contribution in [-0.4, -0.2) is 46.0 Å². The molecule has 154 valence electrons. The van der Waals surface area contributed by atoms with E-state index in [1.807, 2.05) is 18.2 Å². The molecule has 0 atom stereocenters. The van der Waals surface area contributed by atoms with Crippen molar-refractivity contribution in [1.82, 2.24) is 14.5 Å². The highest BCUT2D eigenvalue weighted by atomic mass is 16.5. The SMILES string of the molecule is CC1CCN(C(=O)COC(=O)CCc2nc3ccccc3c(=O)n2C2CC2)CC1. The summed E-state index contributed by atoms with van der Waals surface area (Å²) in [7, 11) is 0. The number of likely N-dealkylation sites (tertiary alicyclic amines) is 1. The van der Waals surface area contributed by atoms with Crippen LogP contribution in [0.4, 0.5) is 0 Å². The van der Waals surface area contributed by atoms with Gasteiger partial charge in [-0.25, -0.2) is 4.98 Å². The number of fused-ring (bicyclic) bond motifs is 1. The van der Waals surface area contributed by atoms with Gasteiger partial charge in [-0.05, 0) is 43.7 Å². The Morgan fingerprint density at radius 2 is 1.86 bits per heavy atom. The molecule has 1 aromatic carbocycles. The number of amides is 1. The van der Waals surface area contributed by atoms with Crippen LogP contribution in [0.15, 0.2) is 29.1 Å². The first-order valence-corrected chi connectivity index (χ1v) is 10.5. The first kappa shape index (κ1) is 19.6. The molecule has 2 aromatic rings. The van der Waals surface area contributed by atoms with E-state index < -0.39 is 5.97 Å². The average molecular weight is 397 g/mol. The molecule has 1 saturated carbocycles. The number of hydrogen-bond acceptors (Lipinski definition) is 5. The van der Waals surface area contributed by atoms with E-state index in [2.05, 4.69) is 11.9 Å². The lowest BCUT2D eigenvalue weighted by Crippen LogP contribution is -2.40. The monoisotopic (exact) mass is 397 g/mol. The van der Waals surface area contributed by atoms with E-state index in [-0.39, 0.29) is 30.5 Å². The summed E-state index contributed by atoms with van der Waals surface area (Å²) in [5.74, 6) is 0.682. The maximum absolute atomic E-state index is 12.8. The summed E-state index contributed by atoms with van der Waals surface area (Å²) in [5.41, 5.74) is 0.600. The van der Waals surface area contributed by atoms with Crippen LogP contribution in [0.5, 0.6) is 0 Å². The number of benzene rings is 1. The Balaban J connectivity index is 1.37. The summed E-state index contributed by atoms with van der Waals surface area (Å²) in [6.45, 7) is 3.43. The summed E-state index contributed by atoms with van der Waals surface area (Å²) in [4.78, 5) is 43.6. The molecule has 0 unspecified atom stereocenters. The quantitative estimate of drug-likeness (QED) is 0.700. The number of esters is 1. The Morgan fingerprint density at radius 3 is 2.59 bits per heavy atom. The van der Waals surface area contributed by atoms with Crippen LogP contribution >= 0.6 is 0 Å². The van der Waals surface area contributed by atoms with Crippen molar-refractivity contribution in [1.29, 1.82) is 0 Å². The number of carbonyl (C=O) groups is 2. The largest absolute Gasteiger partial charge is 0.456 e. The van der Waals surface area contributed by atoms with E-state index in [0.29, 0.717) is 29.1 Å². The minimum Gasteiger partial charge on any atom is -0.456 e. The van der Waals surface area contributed by atoms with Crippen molar-refractivity contribution in [3.8, 4) is 0 Å². The maximum Gasteiger partial charge on any atom is 0.306 e. The van der Waals surface area contributed by atoms with Crippen molar-refractivity contribution < 1.29 is 14.3 Å². The maximum atomic E-state index is 12.8. The zero-order valence-electron chi connectivity index (χ0n) is 16.8. The molecular weight excluding hydrogens is 370 g/mol. The standard InChI is InChI=1S/C22H27N3O4/c1-15-10-12-24(13-11-15)20(26)14-29-21(27)9-8-19-23-18-5-3-2-4-17(18)22(28)25(19)16-6-7-16/h2-5,15-16H,6-14H2,1H3. The highest BCUT2D eigenvalue weighted by Gasteiger charge is 2.28. The minimum atomic E-state index is -0.437. The molecule has 0 N–H and O–H groups in total. The molecule has 1 saturated heterocycles. The van der Waals surface area contributed by atoms with Crippen LogP contribution in [0, 0.1) is 5.92 Å². The second-order valence-electron chi connectivity index (χ2n) is 8.18. The summed E-state index contributed by atoms with van der Waals surface area (Å²) >= 11 is 0. The van der Waals surface area contributed by atoms with E-state index in [4.69, 9.17) is 4.74 Å². The van der Waals surface area contributed by atoms with Crippen LogP contribution in [-0.2, 0) is 20.7 Å². The van der Waals surface area contributed by atoms with Gasteiger partial charge in [0.05, 0.1) is 17.3 Å². The molecule has 1 aliphatic heterocycles. The van der Waals surface area contributed by atoms with Gasteiger partial charge in [-0.2, -0.15) is 0 Å². The van der Waals surface area contributed by atoms with Gasteiger partial charge in [-0.3, -0.25) is 19.0 Å². The van der Waals surface area contributed by atoms with Gasteiger partial charge in [-0.15, -0.1) is 0 Å². The Morgan fingerprint density at radius 1 is 1.14 bits per heavy atom.